The summed E-state index contributed by atoms with van der Waals surface area (Å²) < 4.78 is 1.16. The highest BCUT2D eigenvalue weighted by molar-refractivity contribution is 9.10. The van der Waals surface area contributed by atoms with Crippen LogP contribution in [0.3, 0.4) is 0 Å². The second-order valence-corrected chi connectivity index (χ2v) is 7.86. The third-order valence-corrected chi connectivity index (χ3v) is 5.43. The maximum absolute atomic E-state index is 3.52. The molecular weight excluding hydrogens is 318 g/mol. The lowest BCUT2D eigenvalue weighted by atomic mass is 9.95. The summed E-state index contributed by atoms with van der Waals surface area (Å²) in [4.78, 5) is 2.82. The summed E-state index contributed by atoms with van der Waals surface area (Å²) in [5, 5.41) is 3.48. The van der Waals surface area contributed by atoms with Gasteiger partial charge in [0.15, 0.2) is 0 Å². The van der Waals surface area contributed by atoms with Gasteiger partial charge in [-0.2, -0.15) is 0 Å². The average molecular weight is 338 g/mol. The van der Waals surface area contributed by atoms with E-state index in [2.05, 4.69) is 79.3 Å². The van der Waals surface area contributed by atoms with E-state index in [4.69, 9.17) is 0 Å². The number of aryl methyl sites for hydroxylation is 1. The number of nitrogens with one attached hydrogen (secondary N) is 1. The van der Waals surface area contributed by atoms with Crippen LogP contribution in [-0.4, -0.2) is 0 Å². The normalized spacial score (nSPS) is 11.6. The molecule has 0 radical (unpaired) electrons. The first-order valence-corrected chi connectivity index (χ1v) is 8.06. The fourth-order valence-electron chi connectivity index (χ4n) is 1.82. The van der Waals surface area contributed by atoms with Crippen molar-refractivity contribution in [3.63, 3.8) is 0 Å². The zero-order valence-corrected chi connectivity index (χ0v) is 14.3. The van der Waals surface area contributed by atoms with Gasteiger partial charge in [0.1, 0.15) is 0 Å². The minimum Gasteiger partial charge on any atom is -0.380 e. The highest BCUT2D eigenvalue weighted by Gasteiger charge is 2.15. The van der Waals surface area contributed by atoms with Crippen LogP contribution >= 0.6 is 27.3 Å². The van der Waals surface area contributed by atoms with Gasteiger partial charge in [-0.05, 0) is 48.2 Å². The number of thiophene rings is 1. The quantitative estimate of drug-likeness (QED) is 0.754. The van der Waals surface area contributed by atoms with Crippen LogP contribution in [0.2, 0.25) is 0 Å². The molecule has 0 aliphatic heterocycles. The molecule has 1 aromatic carbocycles. The molecule has 3 heteroatoms. The van der Waals surface area contributed by atoms with E-state index < -0.39 is 0 Å². The molecule has 19 heavy (non-hydrogen) atoms. The zero-order chi connectivity index (χ0) is 14.0. The molecule has 0 saturated carbocycles. The van der Waals surface area contributed by atoms with Crippen LogP contribution in [0.1, 0.15) is 36.1 Å². The van der Waals surface area contributed by atoms with Crippen LogP contribution in [-0.2, 0) is 12.0 Å². The molecule has 0 bridgehead atoms. The lowest BCUT2D eigenvalue weighted by molar-refractivity contribution is 0.604. The molecule has 0 atom stereocenters. The molecule has 0 aliphatic carbocycles. The Labute approximate surface area is 128 Å². The minimum atomic E-state index is 0.247. The van der Waals surface area contributed by atoms with Crippen molar-refractivity contribution in [1.29, 1.82) is 0 Å². The van der Waals surface area contributed by atoms with Gasteiger partial charge < -0.3 is 5.32 Å². The van der Waals surface area contributed by atoms with Crippen molar-refractivity contribution in [2.45, 2.75) is 39.7 Å². The van der Waals surface area contributed by atoms with E-state index in [9.17, 15) is 0 Å². The number of halogens is 1. The minimum absolute atomic E-state index is 0.247. The van der Waals surface area contributed by atoms with Crippen molar-refractivity contribution in [2.24, 2.45) is 0 Å². The number of benzene rings is 1. The lowest BCUT2D eigenvalue weighted by Crippen LogP contribution is -2.07. The maximum atomic E-state index is 3.52. The molecule has 0 fully saturated rings. The van der Waals surface area contributed by atoms with Gasteiger partial charge in [0.05, 0.1) is 0 Å². The highest BCUT2D eigenvalue weighted by Crippen LogP contribution is 2.30. The Hall–Kier alpha value is -0.800. The van der Waals surface area contributed by atoms with Crippen molar-refractivity contribution in [3.05, 3.63) is 50.1 Å². The van der Waals surface area contributed by atoms with Gasteiger partial charge >= 0.3 is 0 Å². The van der Waals surface area contributed by atoms with Gasteiger partial charge in [-0.3, -0.25) is 0 Å². The van der Waals surface area contributed by atoms with Crippen molar-refractivity contribution >= 4 is 33.0 Å². The zero-order valence-electron chi connectivity index (χ0n) is 11.9. The van der Waals surface area contributed by atoms with Crippen molar-refractivity contribution < 1.29 is 0 Å². The van der Waals surface area contributed by atoms with E-state index >= 15 is 0 Å². The molecule has 0 saturated heterocycles. The molecule has 1 heterocycles. The summed E-state index contributed by atoms with van der Waals surface area (Å²) >= 11 is 5.42. The van der Waals surface area contributed by atoms with Crippen LogP contribution in [0.15, 0.2) is 34.8 Å². The van der Waals surface area contributed by atoms with E-state index in [0.29, 0.717) is 0 Å². The number of anilines is 1. The van der Waals surface area contributed by atoms with Crippen LogP contribution < -0.4 is 5.32 Å². The molecule has 102 valence electrons. The lowest BCUT2D eigenvalue weighted by Gasteiger charge is -2.15. The summed E-state index contributed by atoms with van der Waals surface area (Å²) in [5.74, 6) is 0. The van der Waals surface area contributed by atoms with E-state index in [1.807, 2.05) is 11.3 Å². The van der Waals surface area contributed by atoms with Gasteiger partial charge in [0, 0.05) is 26.5 Å². The maximum Gasteiger partial charge on any atom is 0.0494 e. The second-order valence-electron chi connectivity index (χ2n) is 5.83. The second kappa shape index (κ2) is 5.68. The monoisotopic (exact) mass is 337 g/mol. The van der Waals surface area contributed by atoms with E-state index in [1.165, 1.54) is 21.0 Å². The van der Waals surface area contributed by atoms with E-state index in [0.717, 1.165) is 11.0 Å². The molecule has 2 aromatic rings. The SMILES string of the molecule is Cc1cc(NCc2ccc(C(C)(C)C)s2)ccc1Br. The van der Waals surface area contributed by atoms with Crippen LogP contribution in [0.25, 0.3) is 0 Å². The van der Waals surface area contributed by atoms with Gasteiger partial charge in [0.25, 0.3) is 0 Å². The van der Waals surface area contributed by atoms with Crippen molar-refractivity contribution in [3.8, 4) is 0 Å². The summed E-state index contributed by atoms with van der Waals surface area (Å²) in [6.07, 6.45) is 0. The highest BCUT2D eigenvalue weighted by atomic mass is 79.9. The summed E-state index contributed by atoms with van der Waals surface area (Å²) in [6.45, 7) is 9.77. The third kappa shape index (κ3) is 3.83. The first-order chi connectivity index (χ1) is 8.86. The van der Waals surface area contributed by atoms with Crippen molar-refractivity contribution in [2.75, 3.05) is 5.32 Å². The van der Waals surface area contributed by atoms with Crippen LogP contribution in [0.4, 0.5) is 5.69 Å². The third-order valence-electron chi connectivity index (χ3n) is 3.03. The molecule has 2 rings (SSSR count). The van der Waals surface area contributed by atoms with E-state index in [1.54, 1.807) is 0 Å². The summed E-state index contributed by atoms with van der Waals surface area (Å²) in [6, 6.07) is 10.8. The first kappa shape index (κ1) is 14.6. The number of hydrogen-bond donors (Lipinski definition) is 1. The predicted molar refractivity (Wildman–Crippen MR) is 89.2 cm³/mol. The molecule has 0 amide bonds. The standard InChI is InChI=1S/C16H20BrNS/c1-11-9-12(5-7-14(11)17)18-10-13-6-8-15(19-13)16(2,3)4/h5-9,18H,10H2,1-4H3. The summed E-state index contributed by atoms with van der Waals surface area (Å²) in [7, 11) is 0. The Morgan fingerprint density at radius 1 is 1.16 bits per heavy atom. The molecule has 1 N–H and O–H groups in total. The van der Waals surface area contributed by atoms with Crippen molar-refractivity contribution in [1.82, 2.24) is 0 Å². The van der Waals surface area contributed by atoms with Crippen LogP contribution in [0.5, 0.6) is 0 Å². The molecular formula is C16H20BrNS. The van der Waals surface area contributed by atoms with Crippen LogP contribution in [0, 0.1) is 6.92 Å². The Balaban J connectivity index is 2.02. The largest absolute Gasteiger partial charge is 0.380 e. The smallest absolute Gasteiger partial charge is 0.0494 e. The van der Waals surface area contributed by atoms with E-state index in [-0.39, 0.29) is 5.41 Å². The van der Waals surface area contributed by atoms with Gasteiger partial charge in [0.2, 0.25) is 0 Å². The molecule has 0 aliphatic rings. The summed E-state index contributed by atoms with van der Waals surface area (Å²) in [5.41, 5.74) is 2.68. The first-order valence-electron chi connectivity index (χ1n) is 6.45. The predicted octanol–water partition coefficient (Wildman–Crippen LogP) is 5.73. The molecule has 0 unspecified atom stereocenters. The molecule has 1 nitrogen and oxygen atoms in total. The fourth-order valence-corrected chi connectivity index (χ4v) is 3.07. The Kier molecular flexibility index (Phi) is 4.36. The molecule has 1 aromatic heterocycles. The Morgan fingerprint density at radius 2 is 1.89 bits per heavy atom. The van der Waals surface area contributed by atoms with Gasteiger partial charge in [-0.1, -0.05) is 36.7 Å². The fraction of sp³-hybridized carbons (Fsp3) is 0.375. The van der Waals surface area contributed by atoms with Gasteiger partial charge in [-0.15, -0.1) is 11.3 Å². The number of rotatable bonds is 3. The molecule has 0 spiro atoms. The van der Waals surface area contributed by atoms with Gasteiger partial charge in [-0.25, -0.2) is 0 Å². The average Bonchev–Trinajstić information content (AvgIpc) is 2.79. The topological polar surface area (TPSA) is 12.0 Å². The Bertz CT molecular complexity index is 566. The number of hydrogen-bond acceptors (Lipinski definition) is 2. The Morgan fingerprint density at radius 3 is 2.47 bits per heavy atom.